The molecular weight excluding hydrogens is 230 g/mol. The Balaban J connectivity index is 2.36. The second kappa shape index (κ2) is 5.15. The van der Waals surface area contributed by atoms with Gasteiger partial charge in [0.2, 0.25) is 0 Å². The molecular formula is C14H23NOS. The number of Topliss-reactive ketones (excluding diaryl/α,β-unsaturated/α-hetero) is 1. The van der Waals surface area contributed by atoms with E-state index >= 15 is 0 Å². The molecule has 3 heteroatoms. The van der Waals surface area contributed by atoms with Crippen molar-refractivity contribution in [2.75, 3.05) is 19.3 Å². The van der Waals surface area contributed by atoms with Crippen LogP contribution in [0.1, 0.15) is 39.5 Å². The van der Waals surface area contributed by atoms with Gasteiger partial charge in [-0.1, -0.05) is 26.3 Å². The van der Waals surface area contributed by atoms with E-state index in [2.05, 4.69) is 31.9 Å². The van der Waals surface area contributed by atoms with Gasteiger partial charge in [0.15, 0.2) is 5.78 Å². The fourth-order valence-electron chi connectivity index (χ4n) is 2.97. The third-order valence-electron chi connectivity index (χ3n) is 4.12. The maximum atomic E-state index is 12.5. The van der Waals surface area contributed by atoms with Crippen molar-refractivity contribution in [1.82, 2.24) is 4.90 Å². The average molecular weight is 253 g/mol. The van der Waals surface area contributed by atoms with E-state index in [0.29, 0.717) is 11.7 Å². The van der Waals surface area contributed by atoms with Crippen LogP contribution in [0.15, 0.2) is 11.0 Å². The summed E-state index contributed by atoms with van der Waals surface area (Å²) >= 11 is 1.90. The third kappa shape index (κ3) is 2.19. The molecule has 1 aliphatic heterocycles. The summed E-state index contributed by atoms with van der Waals surface area (Å²) in [7, 11) is 2.10. The molecule has 2 aliphatic rings. The highest BCUT2D eigenvalue weighted by Crippen LogP contribution is 2.45. The summed E-state index contributed by atoms with van der Waals surface area (Å²) in [5, 5.41) is 0. The Kier molecular flexibility index (Phi) is 3.99. The fraction of sp³-hybridized carbons (Fsp3) is 0.786. The highest BCUT2D eigenvalue weighted by molar-refractivity contribution is 8.03. The Morgan fingerprint density at radius 2 is 2.29 bits per heavy atom. The predicted molar refractivity (Wildman–Crippen MR) is 74.2 cm³/mol. The molecule has 2 atom stereocenters. The molecule has 1 aliphatic carbocycles. The first-order valence-corrected chi connectivity index (χ1v) is 7.69. The van der Waals surface area contributed by atoms with Crippen molar-refractivity contribution in [2.24, 2.45) is 5.92 Å². The van der Waals surface area contributed by atoms with Crippen molar-refractivity contribution >= 4 is 17.5 Å². The van der Waals surface area contributed by atoms with Gasteiger partial charge in [0.25, 0.3) is 0 Å². The Labute approximate surface area is 109 Å². The van der Waals surface area contributed by atoms with Gasteiger partial charge in [-0.2, -0.15) is 0 Å². The van der Waals surface area contributed by atoms with Gasteiger partial charge < -0.3 is 0 Å². The van der Waals surface area contributed by atoms with E-state index in [9.17, 15) is 4.79 Å². The summed E-state index contributed by atoms with van der Waals surface area (Å²) in [6.45, 7) is 5.33. The number of nitrogens with zero attached hydrogens (tertiary/aromatic N) is 1. The highest BCUT2D eigenvalue weighted by atomic mass is 32.2. The monoisotopic (exact) mass is 253 g/mol. The summed E-state index contributed by atoms with van der Waals surface area (Å²) in [5.41, 5.74) is -0.275. The van der Waals surface area contributed by atoms with E-state index in [4.69, 9.17) is 0 Å². The van der Waals surface area contributed by atoms with Crippen LogP contribution in [-0.4, -0.2) is 35.6 Å². The average Bonchev–Trinajstić information content (AvgIpc) is 2.76. The van der Waals surface area contributed by atoms with Crippen molar-refractivity contribution in [2.45, 2.75) is 45.1 Å². The number of hydrogen-bond donors (Lipinski definition) is 0. The van der Waals surface area contributed by atoms with Crippen LogP contribution >= 0.6 is 11.8 Å². The topological polar surface area (TPSA) is 20.3 Å². The highest BCUT2D eigenvalue weighted by Gasteiger charge is 2.47. The first-order chi connectivity index (χ1) is 8.11. The van der Waals surface area contributed by atoms with E-state index in [1.807, 2.05) is 11.8 Å². The molecule has 17 heavy (non-hydrogen) atoms. The molecule has 2 nitrogen and oxygen atoms in total. The number of likely N-dealkylation sites (N-methyl/N-ethyl adjacent to an activating group) is 1. The minimum absolute atomic E-state index is 0.275. The minimum atomic E-state index is -0.275. The minimum Gasteiger partial charge on any atom is -0.297 e. The van der Waals surface area contributed by atoms with Crippen LogP contribution in [-0.2, 0) is 4.79 Å². The molecule has 0 saturated heterocycles. The fourth-order valence-corrected chi connectivity index (χ4v) is 4.45. The maximum absolute atomic E-state index is 12.5. The Hall–Kier alpha value is -0.280. The zero-order valence-electron chi connectivity index (χ0n) is 11.2. The van der Waals surface area contributed by atoms with Crippen molar-refractivity contribution in [3.8, 4) is 0 Å². The van der Waals surface area contributed by atoms with E-state index in [-0.39, 0.29) is 5.54 Å². The molecule has 1 fully saturated rings. The van der Waals surface area contributed by atoms with Crippen molar-refractivity contribution in [3.05, 3.63) is 11.0 Å². The maximum Gasteiger partial charge on any atom is 0.158 e. The van der Waals surface area contributed by atoms with Crippen molar-refractivity contribution in [1.29, 1.82) is 0 Å². The van der Waals surface area contributed by atoms with Crippen LogP contribution < -0.4 is 0 Å². The number of ketones is 1. The van der Waals surface area contributed by atoms with Gasteiger partial charge >= 0.3 is 0 Å². The van der Waals surface area contributed by atoms with Crippen LogP contribution in [0.5, 0.6) is 0 Å². The molecule has 0 bridgehead atoms. The van der Waals surface area contributed by atoms with Gasteiger partial charge in [-0.3, -0.25) is 9.69 Å². The predicted octanol–water partition coefficient (Wildman–Crippen LogP) is 3.09. The lowest BCUT2D eigenvalue weighted by molar-refractivity contribution is -0.130. The molecule has 0 aromatic carbocycles. The van der Waals surface area contributed by atoms with Gasteiger partial charge in [0, 0.05) is 17.1 Å². The van der Waals surface area contributed by atoms with Crippen LogP contribution in [0.2, 0.25) is 0 Å². The molecule has 2 rings (SSSR count). The van der Waals surface area contributed by atoms with Crippen LogP contribution in [0.4, 0.5) is 0 Å². The Morgan fingerprint density at radius 1 is 1.53 bits per heavy atom. The normalized spacial score (nSPS) is 34.2. The molecule has 0 spiro atoms. The molecule has 1 saturated carbocycles. The van der Waals surface area contributed by atoms with Crippen LogP contribution in [0, 0.1) is 5.92 Å². The standard InChI is InChI=1S/C14H23NOS/c1-4-15(3)14(8-6-5-7-12(14)16)13-9-11(2)10-17-13/h9,11H,4-8,10H2,1-3H3. The first-order valence-electron chi connectivity index (χ1n) is 6.71. The third-order valence-corrected chi connectivity index (χ3v) is 5.60. The number of carbonyl (C=O) groups is 1. The molecule has 0 aromatic heterocycles. The van der Waals surface area contributed by atoms with Crippen molar-refractivity contribution < 1.29 is 4.79 Å². The number of allylic oxidation sites excluding steroid dienone is 1. The molecule has 0 amide bonds. The number of hydrogen-bond acceptors (Lipinski definition) is 3. The van der Waals surface area contributed by atoms with Crippen LogP contribution in [0.25, 0.3) is 0 Å². The summed E-state index contributed by atoms with van der Waals surface area (Å²) < 4.78 is 0. The molecule has 0 N–H and O–H groups in total. The van der Waals surface area contributed by atoms with Gasteiger partial charge in [0.05, 0.1) is 0 Å². The second-order valence-corrected chi connectivity index (χ2v) is 6.39. The molecule has 1 heterocycles. The lowest BCUT2D eigenvalue weighted by Crippen LogP contribution is -2.55. The van der Waals surface area contributed by atoms with Gasteiger partial charge in [0.1, 0.15) is 5.54 Å². The summed E-state index contributed by atoms with van der Waals surface area (Å²) in [6.07, 6.45) is 6.37. The SMILES string of the molecule is CCN(C)C1(C2=CC(C)CS2)CCCCC1=O. The second-order valence-electron chi connectivity index (χ2n) is 5.32. The number of thioether (sulfide) groups is 1. The Morgan fingerprint density at radius 3 is 2.82 bits per heavy atom. The largest absolute Gasteiger partial charge is 0.297 e. The van der Waals surface area contributed by atoms with Crippen LogP contribution in [0.3, 0.4) is 0 Å². The zero-order valence-corrected chi connectivity index (χ0v) is 12.0. The van der Waals surface area contributed by atoms with E-state index in [1.54, 1.807) is 0 Å². The van der Waals surface area contributed by atoms with E-state index in [1.165, 1.54) is 11.3 Å². The first kappa shape index (κ1) is 13.2. The Bertz CT molecular complexity index is 339. The molecule has 0 radical (unpaired) electrons. The quantitative estimate of drug-likeness (QED) is 0.771. The number of carbonyl (C=O) groups excluding carboxylic acids is 1. The molecule has 0 aromatic rings. The van der Waals surface area contributed by atoms with Gasteiger partial charge in [-0.15, -0.1) is 11.8 Å². The summed E-state index contributed by atoms with van der Waals surface area (Å²) in [5.74, 6) is 2.20. The summed E-state index contributed by atoms with van der Waals surface area (Å²) in [6, 6.07) is 0. The lowest BCUT2D eigenvalue weighted by atomic mass is 9.78. The molecule has 96 valence electrons. The summed E-state index contributed by atoms with van der Waals surface area (Å²) in [4.78, 5) is 16.1. The number of rotatable bonds is 3. The smallest absolute Gasteiger partial charge is 0.158 e. The molecule has 2 unspecified atom stereocenters. The van der Waals surface area contributed by atoms with E-state index < -0.39 is 0 Å². The van der Waals surface area contributed by atoms with Gasteiger partial charge in [-0.05, 0) is 32.4 Å². The zero-order chi connectivity index (χ0) is 12.5. The van der Waals surface area contributed by atoms with E-state index in [0.717, 1.165) is 31.6 Å². The van der Waals surface area contributed by atoms with Gasteiger partial charge in [-0.25, -0.2) is 0 Å². The van der Waals surface area contributed by atoms with Crippen molar-refractivity contribution in [3.63, 3.8) is 0 Å². The lowest BCUT2D eigenvalue weighted by Gasteiger charge is -2.43.